The van der Waals surface area contributed by atoms with E-state index in [2.05, 4.69) is 5.32 Å². The molecule has 4 heteroatoms. The molecule has 1 aromatic rings. The van der Waals surface area contributed by atoms with Gasteiger partial charge >= 0.3 is 0 Å². The zero-order valence-electron chi connectivity index (χ0n) is 11.6. The standard InChI is InChI=1S/C16H18N2O2/c1-20-15-8-4-5-12(10-15)9-13(11-17)16(19)18-14-6-2-3-7-14/h4-5,8-10,14H,2-3,6-7H2,1H3,(H,18,19)/b13-9-. The number of hydrogen-bond donors (Lipinski definition) is 1. The van der Waals surface area contributed by atoms with Crippen LogP contribution in [-0.2, 0) is 4.79 Å². The molecule has 0 saturated heterocycles. The fourth-order valence-electron chi connectivity index (χ4n) is 2.38. The molecule has 1 N–H and O–H groups in total. The maximum absolute atomic E-state index is 12.1. The fourth-order valence-corrected chi connectivity index (χ4v) is 2.38. The van der Waals surface area contributed by atoms with Gasteiger partial charge in [0.25, 0.3) is 5.91 Å². The molecule has 0 spiro atoms. The normalized spacial score (nSPS) is 15.7. The fraction of sp³-hybridized carbons (Fsp3) is 0.375. The van der Waals surface area contributed by atoms with Crippen LogP contribution in [0.15, 0.2) is 29.8 Å². The molecule has 1 fully saturated rings. The van der Waals surface area contributed by atoms with Crippen molar-refractivity contribution < 1.29 is 9.53 Å². The first-order valence-corrected chi connectivity index (χ1v) is 6.79. The Bertz CT molecular complexity index is 552. The van der Waals surface area contributed by atoms with E-state index < -0.39 is 0 Å². The van der Waals surface area contributed by atoms with E-state index >= 15 is 0 Å². The second-order valence-electron chi connectivity index (χ2n) is 4.90. The van der Waals surface area contributed by atoms with Gasteiger partial charge < -0.3 is 10.1 Å². The van der Waals surface area contributed by atoms with Crippen molar-refractivity contribution in [3.63, 3.8) is 0 Å². The predicted octanol–water partition coefficient (Wildman–Crippen LogP) is 2.66. The molecule has 1 aliphatic rings. The molecule has 0 aliphatic heterocycles. The van der Waals surface area contributed by atoms with Crippen molar-refractivity contribution >= 4 is 12.0 Å². The SMILES string of the molecule is COc1cccc(/C=C(/C#N)C(=O)NC2CCCC2)c1. The number of benzene rings is 1. The van der Waals surface area contributed by atoms with Gasteiger partial charge in [-0.25, -0.2) is 0 Å². The van der Waals surface area contributed by atoms with Gasteiger partial charge in [-0.2, -0.15) is 5.26 Å². The molecule has 0 heterocycles. The van der Waals surface area contributed by atoms with Crippen molar-refractivity contribution in [3.8, 4) is 11.8 Å². The van der Waals surface area contributed by atoms with Gasteiger partial charge in [0, 0.05) is 6.04 Å². The Morgan fingerprint density at radius 2 is 2.20 bits per heavy atom. The first-order chi connectivity index (χ1) is 9.72. The Balaban J connectivity index is 2.11. The third-order valence-electron chi connectivity index (χ3n) is 3.46. The summed E-state index contributed by atoms with van der Waals surface area (Å²) in [5.41, 5.74) is 0.910. The van der Waals surface area contributed by atoms with E-state index in [1.165, 1.54) is 0 Å². The molecule has 0 atom stereocenters. The monoisotopic (exact) mass is 270 g/mol. The van der Waals surface area contributed by atoms with Gasteiger partial charge in [0.15, 0.2) is 0 Å². The number of amides is 1. The molecular weight excluding hydrogens is 252 g/mol. The van der Waals surface area contributed by atoms with Crippen molar-refractivity contribution in [2.75, 3.05) is 7.11 Å². The maximum atomic E-state index is 12.1. The lowest BCUT2D eigenvalue weighted by atomic mass is 10.1. The van der Waals surface area contributed by atoms with E-state index in [-0.39, 0.29) is 17.5 Å². The minimum atomic E-state index is -0.290. The molecule has 1 aliphatic carbocycles. The summed E-state index contributed by atoms with van der Waals surface area (Å²) >= 11 is 0. The first-order valence-electron chi connectivity index (χ1n) is 6.79. The zero-order valence-corrected chi connectivity index (χ0v) is 11.6. The van der Waals surface area contributed by atoms with Gasteiger partial charge in [-0.15, -0.1) is 0 Å². The Hall–Kier alpha value is -2.28. The molecule has 0 radical (unpaired) electrons. The van der Waals surface area contributed by atoms with Crippen LogP contribution in [0.1, 0.15) is 31.2 Å². The number of ether oxygens (including phenoxy) is 1. The number of nitrogens with one attached hydrogen (secondary N) is 1. The number of carbonyl (C=O) groups is 1. The van der Waals surface area contributed by atoms with Crippen molar-refractivity contribution in [1.29, 1.82) is 5.26 Å². The molecule has 1 aromatic carbocycles. The van der Waals surface area contributed by atoms with Gasteiger partial charge in [0.05, 0.1) is 7.11 Å². The van der Waals surface area contributed by atoms with Gasteiger partial charge in [-0.3, -0.25) is 4.79 Å². The smallest absolute Gasteiger partial charge is 0.262 e. The Morgan fingerprint density at radius 1 is 1.45 bits per heavy atom. The van der Waals surface area contributed by atoms with E-state index in [1.807, 2.05) is 24.3 Å². The number of nitriles is 1. The highest BCUT2D eigenvalue weighted by Gasteiger charge is 2.19. The minimum absolute atomic E-state index is 0.130. The summed E-state index contributed by atoms with van der Waals surface area (Å²) in [4.78, 5) is 12.1. The Morgan fingerprint density at radius 3 is 2.85 bits per heavy atom. The van der Waals surface area contributed by atoms with E-state index in [4.69, 9.17) is 10.00 Å². The number of carbonyl (C=O) groups excluding carboxylic acids is 1. The summed E-state index contributed by atoms with van der Waals surface area (Å²) < 4.78 is 5.13. The van der Waals surface area contributed by atoms with Gasteiger partial charge in [0.1, 0.15) is 17.4 Å². The number of methoxy groups -OCH3 is 1. The largest absolute Gasteiger partial charge is 0.497 e. The summed E-state index contributed by atoms with van der Waals surface area (Å²) in [6.45, 7) is 0. The van der Waals surface area contributed by atoms with Crippen LogP contribution in [0.5, 0.6) is 5.75 Å². The molecule has 20 heavy (non-hydrogen) atoms. The predicted molar refractivity (Wildman–Crippen MR) is 77.0 cm³/mol. The molecule has 0 bridgehead atoms. The third kappa shape index (κ3) is 3.61. The van der Waals surface area contributed by atoms with Crippen molar-refractivity contribution in [1.82, 2.24) is 5.32 Å². The van der Waals surface area contributed by atoms with Crippen LogP contribution in [0.4, 0.5) is 0 Å². The second-order valence-corrected chi connectivity index (χ2v) is 4.90. The van der Waals surface area contributed by atoms with Gasteiger partial charge in [-0.05, 0) is 36.6 Å². The summed E-state index contributed by atoms with van der Waals surface area (Å²) in [6, 6.07) is 9.46. The lowest BCUT2D eigenvalue weighted by Crippen LogP contribution is -2.33. The quantitative estimate of drug-likeness (QED) is 0.676. The minimum Gasteiger partial charge on any atom is -0.497 e. The summed E-state index contributed by atoms with van der Waals surface area (Å²) in [7, 11) is 1.58. The highest BCUT2D eigenvalue weighted by Crippen LogP contribution is 2.19. The molecular formula is C16H18N2O2. The van der Waals surface area contributed by atoms with Crippen LogP contribution in [0.25, 0.3) is 6.08 Å². The van der Waals surface area contributed by atoms with E-state index in [1.54, 1.807) is 19.3 Å². The number of hydrogen-bond acceptors (Lipinski definition) is 3. The molecule has 0 unspecified atom stereocenters. The van der Waals surface area contributed by atoms with Crippen LogP contribution in [0.2, 0.25) is 0 Å². The second kappa shape index (κ2) is 6.76. The molecule has 0 aromatic heterocycles. The van der Waals surface area contributed by atoms with Crippen LogP contribution >= 0.6 is 0 Å². The van der Waals surface area contributed by atoms with E-state index in [0.717, 1.165) is 31.2 Å². The summed E-state index contributed by atoms with van der Waals surface area (Å²) in [6.07, 6.45) is 5.89. The van der Waals surface area contributed by atoms with Crippen LogP contribution in [0, 0.1) is 11.3 Å². The van der Waals surface area contributed by atoms with E-state index in [9.17, 15) is 4.79 Å². The van der Waals surface area contributed by atoms with Crippen LogP contribution in [0.3, 0.4) is 0 Å². The molecule has 2 rings (SSSR count). The summed E-state index contributed by atoms with van der Waals surface area (Å²) in [5, 5.41) is 12.1. The number of rotatable bonds is 4. The topological polar surface area (TPSA) is 62.1 Å². The highest BCUT2D eigenvalue weighted by atomic mass is 16.5. The molecule has 1 amide bonds. The van der Waals surface area contributed by atoms with Gasteiger partial charge in [0.2, 0.25) is 0 Å². The van der Waals surface area contributed by atoms with Crippen molar-refractivity contribution in [3.05, 3.63) is 35.4 Å². The first kappa shape index (κ1) is 14.1. The third-order valence-corrected chi connectivity index (χ3v) is 3.46. The molecule has 104 valence electrons. The number of nitrogens with zero attached hydrogens (tertiary/aromatic N) is 1. The average molecular weight is 270 g/mol. The molecule has 1 saturated carbocycles. The Labute approximate surface area is 119 Å². The van der Waals surface area contributed by atoms with Crippen molar-refractivity contribution in [2.24, 2.45) is 0 Å². The lowest BCUT2D eigenvalue weighted by Gasteiger charge is -2.11. The van der Waals surface area contributed by atoms with Crippen LogP contribution in [-0.4, -0.2) is 19.1 Å². The van der Waals surface area contributed by atoms with E-state index in [0.29, 0.717) is 5.75 Å². The lowest BCUT2D eigenvalue weighted by molar-refractivity contribution is -0.117. The zero-order chi connectivity index (χ0) is 14.4. The maximum Gasteiger partial charge on any atom is 0.262 e. The highest BCUT2D eigenvalue weighted by molar-refractivity contribution is 6.01. The average Bonchev–Trinajstić information content (AvgIpc) is 2.97. The Kier molecular flexibility index (Phi) is 4.78. The summed E-state index contributed by atoms with van der Waals surface area (Å²) in [5.74, 6) is 0.412. The van der Waals surface area contributed by atoms with Crippen molar-refractivity contribution in [2.45, 2.75) is 31.7 Å². The van der Waals surface area contributed by atoms with Gasteiger partial charge in [-0.1, -0.05) is 25.0 Å². The molecule has 4 nitrogen and oxygen atoms in total. The van der Waals surface area contributed by atoms with Crippen LogP contribution < -0.4 is 10.1 Å².